The van der Waals surface area contributed by atoms with Crippen molar-refractivity contribution in [2.24, 2.45) is 7.05 Å². The summed E-state index contributed by atoms with van der Waals surface area (Å²) in [5.41, 5.74) is -0.486. The number of nitriles is 1. The predicted octanol–water partition coefficient (Wildman–Crippen LogP) is 3.84. The SMILES string of the molecule is CCc1c(-c2ccnn2-c2ccc(C#N)cc2)c(=O)n(C)c(=O)n1-c1cccc(C(F)(F)F)c1. The molecule has 7 nitrogen and oxygen atoms in total. The maximum Gasteiger partial charge on any atom is 0.416 e. The second kappa shape index (κ2) is 8.51. The zero-order valence-corrected chi connectivity index (χ0v) is 18.2. The molecule has 0 radical (unpaired) electrons. The highest BCUT2D eigenvalue weighted by Crippen LogP contribution is 2.31. The Kier molecular flexibility index (Phi) is 5.71. The van der Waals surface area contributed by atoms with E-state index in [1.807, 2.05) is 6.07 Å². The summed E-state index contributed by atoms with van der Waals surface area (Å²) in [7, 11) is 1.28. The number of benzene rings is 2. The molecule has 0 aliphatic carbocycles. The van der Waals surface area contributed by atoms with Crippen LogP contribution in [0.2, 0.25) is 0 Å². The molecule has 0 aliphatic rings. The lowest BCUT2D eigenvalue weighted by Gasteiger charge is -2.19. The van der Waals surface area contributed by atoms with Crippen molar-refractivity contribution in [3.63, 3.8) is 0 Å². The molecule has 0 bridgehead atoms. The van der Waals surface area contributed by atoms with Crippen molar-refractivity contribution in [2.45, 2.75) is 19.5 Å². The van der Waals surface area contributed by atoms with Crippen LogP contribution in [0.25, 0.3) is 22.6 Å². The van der Waals surface area contributed by atoms with Crippen LogP contribution in [0, 0.1) is 11.3 Å². The minimum atomic E-state index is -4.59. The van der Waals surface area contributed by atoms with Crippen molar-refractivity contribution in [1.29, 1.82) is 5.26 Å². The topological polar surface area (TPSA) is 85.6 Å². The minimum absolute atomic E-state index is 0.00189. The fourth-order valence-electron chi connectivity index (χ4n) is 3.81. The third-order valence-electron chi connectivity index (χ3n) is 5.46. The van der Waals surface area contributed by atoms with E-state index in [1.54, 1.807) is 37.3 Å². The lowest BCUT2D eigenvalue weighted by atomic mass is 10.1. The summed E-state index contributed by atoms with van der Waals surface area (Å²) >= 11 is 0. The molecule has 0 N–H and O–H groups in total. The van der Waals surface area contributed by atoms with E-state index in [0.717, 1.165) is 21.3 Å². The van der Waals surface area contributed by atoms with Gasteiger partial charge in [0.05, 0.1) is 46.0 Å². The molecule has 2 heterocycles. The number of aromatic nitrogens is 4. The van der Waals surface area contributed by atoms with Crippen molar-refractivity contribution >= 4 is 0 Å². The highest BCUT2D eigenvalue weighted by Gasteiger charge is 2.31. The van der Waals surface area contributed by atoms with E-state index >= 15 is 0 Å². The van der Waals surface area contributed by atoms with Gasteiger partial charge in [-0.05, 0) is 55.0 Å². The molecule has 172 valence electrons. The first-order valence-corrected chi connectivity index (χ1v) is 10.2. The monoisotopic (exact) mass is 465 g/mol. The Labute approximate surface area is 191 Å². The number of alkyl halides is 3. The third kappa shape index (κ3) is 3.81. The van der Waals surface area contributed by atoms with Gasteiger partial charge in [0.25, 0.3) is 5.56 Å². The fraction of sp³-hybridized carbons (Fsp3) is 0.167. The molecule has 2 aromatic carbocycles. The summed E-state index contributed by atoms with van der Waals surface area (Å²) in [6.07, 6.45) is -2.93. The van der Waals surface area contributed by atoms with Gasteiger partial charge in [-0.2, -0.15) is 23.5 Å². The van der Waals surface area contributed by atoms with Crippen LogP contribution >= 0.6 is 0 Å². The number of rotatable bonds is 4. The van der Waals surface area contributed by atoms with Gasteiger partial charge in [-0.1, -0.05) is 13.0 Å². The smallest absolute Gasteiger partial charge is 0.268 e. The first-order chi connectivity index (χ1) is 16.2. The van der Waals surface area contributed by atoms with Gasteiger partial charge in [0.1, 0.15) is 0 Å². The number of nitrogens with zero attached hydrogens (tertiary/aromatic N) is 5. The van der Waals surface area contributed by atoms with E-state index < -0.39 is 23.0 Å². The standard InChI is InChI=1S/C24H18F3N5O2/c1-3-19-21(20-11-12-29-32(20)17-9-7-15(14-28)8-10-17)22(33)30(2)23(34)31(19)18-6-4-5-16(13-18)24(25,26)27/h4-13H,3H2,1-2H3. The molecule has 34 heavy (non-hydrogen) atoms. The third-order valence-corrected chi connectivity index (χ3v) is 5.46. The van der Waals surface area contributed by atoms with Crippen molar-refractivity contribution in [3.8, 4) is 28.7 Å². The van der Waals surface area contributed by atoms with E-state index in [4.69, 9.17) is 5.26 Å². The van der Waals surface area contributed by atoms with Gasteiger partial charge in [-0.25, -0.2) is 9.48 Å². The zero-order valence-electron chi connectivity index (χ0n) is 18.2. The van der Waals surface area contributed by atoms with Gasteiger partial charge in [-0.15, -0.1) is 0 Å². The maximum absolute atomic E-state index is 13.3. The second-order valence-electron chi connectivity index (χ2n) is 7.49. The molecule has 0 amide bonds. The van der Waals surface area contributed by atoms with Crippen LogP contribution in [0.3, 0.4) is 0 Å². The molecule has 4 aromatic rings. The summed E-state index contributed by atoms with van der Waals surface area (Å²) in [5, 5.41) is 13.3. The molecule has 4 rings (SSSR count). The maximum atomic E-state index is 13.3. The van der Waals surface area contributed by atoms with Gasteiger partial charge < -0.3 is 0 Å². The summed E-state index contributed by atoms with van der Waals surface area (Å²) in [6, 6.07) is 14.6. The molecule has 2 aromatic heterocycles. The van der Waals surface area contributed by atoms with Gasteiger partial charge in [0, 0.05) is 12.7 Å². The van der Waals surface area contributed by atoms with Crippen LogP contribution in [-0.4, -0.2) is 18.9 Å². The molecule has 0 saturated heterocycles. The van der Waals surface area contributed by atoms with Gasteiger partial charge in [-0.3, -0.25) is 13.9 Å². The Hall–Kier alpha value is -4.39. The van der Waals surface area contributed by atoms with Crippen LogP contribution in [0.15, 0.2) is 70.4 Å². The van der Waals surface area contributed by atoms with E-state index in [2.05, 4.69) is 5.10 Å². The zero-order chi connectivity index (χ0) is 24.6. The van der Waals surface area contributed by atoms with Crippen LogP contribution in [0.5, 0.6) is 0 Å². The quantitative estimate of drug-likeness (QED) is 0.458. The van der Waals surface area contributed by atoms with Crippen molar-refractivity contribution in [3.05, 3.63) is 98.5 Å². The summed E-state index contributed by atoms with van der Waals surface area (Å²) < 4.78 is 43.5. The van der Waals surface area contributed by atoms with Crippen LogP contribution < -0.4 is 11.2 Å². The van der Waals surface area contributed by atoms with Crippen molar-refractivity contribution in [1.82, 2.24) is 18.9 Å². The molecule has 0 fully saturated rings. The first kappa shape index (κ1) is 22.8. The van der Waals surface area contributed by atoms with E-state index in [0.29, 0.717) is 16.9 Å². The lowest BCUT2D eigenvalue weighted by Crippen LogP contribution is -2.40. The Balaban J connectivity index is 2.02. The van der Waals surface area contributed by atoms with Crippen LogP contribution in [0.1, 0.15) is 23.7 Å². The van der Waals surface area contributed by atoms with Gasteiger partial charge >= 0.3 is 11.9 Å². The predicted molar refractivity (Wildman–Crippen MR) is 119 cm³/mol. The molecular formula is C24H18F3N5O2. The van der Waals surface area contributed by atoms with Crippen molar-refractivity contribution < 1.29 is 13.2 Å². The largest absolute Gasteiger partial charge is 0.416 e. The number of halogens is 3. The summed E-state index contributed by atoms with van der Waals surface area (Å²) in [6.45, 7) is 1.71. The molecule has 0 unspecified atom stereocenters. The second-order valence-corrected chi connectivity index (χ2v) is 7.49. The highest BCUT2D eigenvalue weighted by atomic mass is 19.4. The molecular weight excluding hydrogens is 447 g/mol. The van der Waals surface area contributed by atoms with Crippen LogP contribution in [0.4, 0.5) is 13.2 Å². The average molecular weight is 465 g/mol. The van der Waals surface area contributed by atoms with E-state index in [1.165, 1.54) is 30.1 Å². The minimum Gasteiger partial charge on any atom is -0.268 e. The summed E-state index contributed by atoms with van der Waals surface area (Å²) in [4.78, 5) is 26.3. The normalized spacial score (nSPS) is 11.4. The molecule has 0 aliphatic heterocycles. The van der Waals surface area contributed by atoms with Gasteiger partial charge in [0.2, 0.25) is 0 Å². The number of hydrogen-bond acceptors (Lipinski definition) is 4. The van der Waals surface area contributed by atoms with Gasteiger partial charge in [0.15, 0.2) is 0 Å². The van der Waals surface area contributed by atoms with Crippen LogP contribution in [-0.2, 0) is 19.6 Å². The molecule has 10 heteroatoms. The Morgan fingerprint density at radius 2 is 1.74 bits per heavy atom. The van der Waals surface area contributed by atoms with Crippen molar-refractivity contribution in [2.75, 3.05) is 0 Å². The lowest BCUT2D eigenvalue weighted by molar-refractivity contribution is -0.137. The first-order valence-electron chi connectivity index (χ1n) is 10.2. The molecule has 0 atom stereocenters. The average Bonchev–Trinajstić information content (AvgIpc) is 3.31. The Morgan fingerprint density at radius 3 is 2.35 bits per heavy atom. The Bertz CT molecular complexity index is 1540. The van der Waals surface area contributed by atoms with E-state index in [-0.39, 0.29) is 23.4 Å². The molecule has 0 saturated carbocycles. The fourth-order valence-corrected chi connectivity index (χ4v) is 3.81. The highest BCUT2D eigenvalue weighted by molar-refractivity contribution is 5.65. The summed E-state index contributed by atoms with van der Waals surface area (Å²) in [5.74, 6) is 0. The molecule has 0 spiro atoms. The number of hydrogen-bond donors (Lipinski definition) is 0. The Morgan fingerprint density at radius 1 is 1.03 bits per heavy atom. The van der Waals surface area contributed by atoms with E-state index in [9.17, 15) is 22.8 Å².